The van der Waals surface area contributed by atoms with Crippen molar-refractivity contribution in [1.82, 2.24) is 5.43 Å². The first-order valence-electron chi connectivity index (χ1n) is 6.93. The van der Waals surface area contributed by atoms with Crippen LogP contribution in [-0.4, -0.2) is 23.8 Å². The van der Waals surface area contributed by atoms with Crippen molar-refractivity contribution in [3.05, 3.63) is 65.7 Å². The third kappa shape index (κ3) is 4.70. The molecule has 0 spiro atoms. The van der Waals surface area contributed by atoms with Crippen LogP contribution >= 0.6 is 0 Å². The first-order chi connectivity index (χ1) is 11.2. The number of hydrogen-bond acceptors (Lipinski definition) is 4. The number of nitrogens with one attached hydrogen (secondary N) is 1. The Morgan fingerprint density at radius 2 is 1.96 bits per heavy atom. The fraction of sp³-hybridized carbons (Fsp3) is 0.111. The zero-order valence-electron chi connectivity index (χ0n) is 12.3. The molecule has 0 aliphatic heterocycles. The summed E-state index contributed by atoms with van der Waals surface area (Å²) >= 11 is 0. The van der Waals surface area contributed by atoms with Crippen LogP contribution < -0.4 is 10.2 Å². The number of nitrogens with zero attached hydrogens (tertiary/aromatic N) is 1. The number of terminal acetylenes is 1. The fourth-order valence-corrected chi connectivity index (χ4v) is 1.85. The number of amides is 1. The highest BCUT2D eigenvalue weighted by Gasteiger charge is 2.15. The van der Waals surface area contributed by atoms with Gasteiger partial charge in [-0.05, 0) is 17.7 Å². The normalized spacial score (nSPS) is 11.7. The molecule has 0 saturated heterocycles. The van der Waals surface area contributed by atoms with Crippen LogP contribution in [0.2, 0.25) is 0 Å². The van der Waals surface area contributed by atoms with E-state index in [0.717, 1.165) is 0 Å². The Morgan fingerprint density at radius 3 is 2.70 bits per heavy atom. The lowest BCUT2D eigenvalue weighted by Gasteiger charge is -2.09. The molecule has 2 N–H and O–H groups in total. The molecule has 1 unspecified atom stereocenters. The Labute approximate surface area is 134 Å². The molecule has 0 saturated carbocycles. The minimum absolute atomic E-state index is 0.143. The van der Waals surface area contributed by atoms with Crippen molar-refractivity contribution in [2.24, 2.45) is 5.10 Å². The zero-order chi connectivity index (χ0) is 16.5. The van der Waals surface area contributed by atoms with Crippen molar-refractivity contribution in [2.75, 3.05) is 6.61 Å². The van der Waals surface area contributed by atoms with Crippen molar-refractivity contribution in [2.45, 2.75) is 6.10 Å². The largest absolute Gasteiger partial charge is 0.480 e. The van der Waals surface area contributed by atoms with Crippen molar-refractivity contribution in [3.63, 3.8) is 0 Å². The van der Waals surface area contributed by atoms with Gasteiger partial charge in [-0.2, -0.15) is 5.10 Å². The second kappa shape index (κ2) is 8.37. The number of hydrazone groups is 1. The molecule has 1 amide bonds. The van der Waals surface area contributed by atoms with Crippen LogP contribution in [0.3, 0.4) is 0 Å². The number of carbonyl (C=O) groups is 1. The molecule has 23 heavy (non-hydrogen) atoms. The van der Waals surface area contributed by atoms with Crippen molar-refractivity contribution in [3.8, 4) is 18.1 Å². The molecule has 0 fully saturated rings. The Morgan fingerprint density at radius 1 is 1.26 bits per heavy atom. The molecule has 0 aliphatic carbocycles. The molecule has 0 aliphatic rings. The van der Waals surface area contributed by atoms with E-state index in [2.05, 4.69) is 16.4 Å². The first kappa shape index (κ1) is 16.3. The fourth-order valence-electron chi connectivity index (χ4n) is 1.85. The highest BCUT2D eigenvalue weighted by Crippen LogP contribution is 2.15. The summed E-state index contributed by atoms with van der Waals surface area (Å²) in [6, 6.07) is 15.8. The molecular formula is C18H16N2O3. The van der Waals surface area contributed by atoms with E-state index in [-0.39, 0.29) is 6.61 Å². The van der Waals surface area contributed by atoms with Crippen LogP contribution in [0.1, 0.15) is 17.2 Å². The van der Waals surface area contributed by atoms with Crippen molar-refractivity contribution in [1.29, 1.82) is 0 Å². The lowest BCUT2D eigenvalue weighted by molar-refractivity contribution is -0.129. The maximum absolute atomic E-state index is 11.9. The number of carbonyl (C=O) groups excluding carboxylic acids is 1. The molecule has 0 heterocycles. The van der Waals surface area contributed by atoms with Crippen LogP contribution in [0.4, 0.5) is 0 Å². The van der Waals surface area contributed by atoms with Crippen LogP contribution in [-0.2, 0) is 4.79 Å². The maximum Gasteiger partial charge on any atom is 0.273 e. The van der Waals surface area contributed by atoms with Crippen LogP contribution in [0.5, 0.6) is 5.75 Å². The maximum atomic E-state index is 11.9. The van der Waals surface area contributed by atoms with Gasteiger partial charge >= 0.3 is 0 Å². The lowest BCUT2D eigenvalue weighted by atomic mass is 10.1. The van der Waals surface area contributed by atoms with Crippen LogP contribution in [0.15, 0.2) is 59.7 Å². The zero-order valence-corrected chi connectivity index (χ0v) is 12.3. The Hall–Kier alpha value is -3.10. The van der Waals surface area contributed by atoms with E-state index < -0.39 is 12.0 Å². The predicted molar refractivity (Wildman–Crippen MR) is 87.9 cm³/mol. The minimum Gasteiger partial charge on any atom is -0.480 e. The summed E-state index contributed by atoms with van der Waals surface area (Å²) in [5.74, 6) is 2.33. The molecule has 0 radical (unpaired) electrons. The average molecular weight is 308 g/mol. The summed E-state index contributed by atoms with van der Waals surface area (Å²) in [7, 11) is 0. The molecule has 2 aromatic rings. The summed E-state index contributed by atoms with van der Waals surface area (Å²) < 4.78 is 5.37. The molecule has 116 valence electrons. The van der Waals surface area contributed by atoms with E-state index in [1.807, 2.05) is 6.07 Å². The number of hydrogen-bond donors (Lipinski definition) is 2. The van der Waals surface area contributed by atoms with E-state index in [1.165, 1.54) is 6.21 Å². The lowest BCUT2D eigenvalue weighted by Crippen LogP contribution is -2.25. The molecule has 0 bridgehead atoms. The number of aliphatic hydroxyl groups excluding tert-OH is 1. The molecular weight excluding hydrogens is 292 g/mol. The second-order valence-electron chi connectivity index (χ2n) is 4.58. The van der Waals surface area contributed by atoms with E-state index in [4.69, 9.17) is 11.2 Å². The number of benzene rings is 2. The molecule has 2 aromatic carbocycles. The average Bonchev–Trinajstić information content (AvgIpc) is 2.61. The molecule has 1 atom stereocenters. The van der Waals surface area contributed by atoms with Gasteiger partial charge in [-0.25, -0.2) is 5.43 Å². The van der Waals surface area contributed by atoms with Gasteiger partial charge in [-0.1, -0.05) is 48.4 Å². The Bertz CT molecular complexity index is 721. The Balaban J connectivity index is 1.99. The number of para-hydroxylation sites is 1. The first-order valence-corrected chi connectivity index (χ1v) is 6.93. The minimum atomic E-state index is -1.28. The van der Waals surface area contributed by atoms with Crippen LogP contribution in [0.25, 0.3) is 0 Å². The summed E-state index contributed by atoms with van der Waals surface area (Å²) in [6.07, 6.45) is 5.32. The van der Waals surface area contributed by atoms with Gasteiger partial charge in [0.15, 0.2) is 6.10 Å². The van der Waals surface area contributed by atoms with Crippen LogP contribution in [0, 0.1) is 12.3 Å². The SMILES string of the molecule is C#CCOc1ccccc1C=NNC(=O)C(O)c1ccccc1. The van der Waals surface area contributed by atoms with Gasteiger partial charge in [0.2, 0.25) is 0 Å². The Kier molecular flexibility index (Phi) is 5.92. The van der Waals surface area contributed by atoms with Crippen molar-refractivity contribution >= 4 is 12.1 Å². The standard InChI is InChI=1S/C18H16N2O3/c1-2-12-23-16-11-7-6-10-15(16)13-19-20-18(22)17(21)14-8-4-3-5-9-14/h1,3-11,13,17,21H,12H2,(H,20,22). The molecule has 5 nitrogen and oxygen atoms in total. The monoisotopic (exact) mass is 308 g/mol. The van der Waals surface area contributed by atoms with Gasteiger partial charge in [0.25, 0.3) is 5.91 Å². The van der Waals surface area contributed by atoms with Gasteiger partial charge in [0.05, 0.1) is 6.21 Å². The number of aliphatic hydroxyl groups is 1. The van der Waals surface area contributed by atoms with Gasteiger partial charge in [0, 0.05) is 5.56 Å². The molecule has 2 rings (SSSR count). The summed E-state index contributed by atoms with van der Waals surface area (Å²) in [4.78, 5) is 11.9. The van der Waals surface area contributed by atoms with E-state index in [1.54, 1.807) is 48.5 Å². The predicted octanol–water partition coefficient (Wildman–Crippen LogP) is 1.88. The quantitative estimate of drug-likeness (QED) is 0.486. The third-order valence-electron chi connectivity index (χ3n) is 2.97. The smallest absolute Gasteiger partial charge is 0.273 e. The summed E-state index contributed by atoms with van der Waals surface area (Å²) in [5, 5.41) is 13.8. The summed E-state index contributed by atoms with van der Waals surface area (Å²) in [6.45, 7) is 0.143. The number of ether oxygens (including phenoxy) is 1. The topological polar surface area (TPSA) is 70.9 Å². The summed E-state index contributed by atoms with van der Waals surface area (Å²) in [5.41, 5.74) is 3.46. The molecule has 5 heteroatoms. The van der Waals surface area contributed by atoms with E-state index >= 15 is 0 Å². The van der Waals surface area contributed by atoms with Gasteiger partial charge in [-0.15, -0.1) is 6.42 Å². The highest BCUT2D eigenvalue weighted by atomic mass is 16.5. The van der Waals surface area contributed by atoms with Crippen molar-refractivity contribution < 1.29 is 14.6 Å². The van der Waals surface area contributed by atoms with Gasteiger partial charge < -0.3 is 9.84 Å². The third-order valence-corrected chi connectivity index (χ3v) is 2.97. The van der Waals surface area contributed by atoms with E-state index in [0.29, 0.717) is 16.9 Å². The second-order valence-corrected chi connectivity index (χ2v) is 4.58. The number of rotatable bonds is 6. The highest BCUT2D eigenvalue weighted by molar-refractivity contribution is 5.86. The van der Waals surface area contributed by atoms with Gasteiger partial charge in [-0.3, -0.25) is 4.79 Å². The van der Waals surface area contributed by atoms with Gasteiger partial charge in [0.1, 0.15) is 12.4 Å². The molecule has 0 aromatic heterocycles. The van der Waals surface area contributed by atoms with E-state index in [9.17, 15) is 9.90 Å².